The first kappa shape index (κ1) is 37.9. The Morgan fingerprint density at radius 3 is 1.16 bits per heavy atom. The Morgan fingerprint density at radius 1 is 0.413 bits per heavy atom. The van der Waals surface area contributed by atoms with Gasteiger partial charge in [0.05, 0.1) is 5.41 Å². The summed E-state index contributed by atoms with van der Waals surface area (Å²) in [5.74, 6) is 5.68. The van der Waals surface area contributed by atoms with E-state index in [1.54, 1.807) is 0 Å². The molecule has 6 heteroatoms. The molecule has 4 atom stereocenters. The van der Waals surface area contributed by atoms with E-state index in [0.717, 1.165) is 109 Å². The van der Waals surface area contributed by atoms with Crippen molar-refractivity contribution >= 4 is 0 Å². The second-order valence-corrected chi connectivity index (χ2v) is 21.6. The monoisotopic (exact) mass is 832 g/mol. The van der Waals surface area contributed by atoms with Gasteiger partial charge in [0.2, 0.25) is 0 Å². The third kappa shape index (κ3) is 5.63. The third-order valence-electron chi connectivity index (χ3n) is 17.3. The Bertz CT molecular complexity index is 2630. The molecule has 0 spiro atoms. The Kier molecular flexibility index (Phi) is 7.98. The van der Waals surface area contributed by atoms with Gasteiger partial charge in [-0.05, 0) is 147 Å². The maximum Gasteiger partial charge on any atom is 0.132 e. The maximum atomic E-state index is 11.9. The molecule has 6 nitrogen and oxygen atoms in total. The van der Waals surface area contributed by atoms with Gasteiger partial charge in [-0.3, -0.25) is 0 Å². The molecule has 8 saturated carbocycles. The van der Waals surface area contributed by atoms with Crippen molar-refractivity contribution in [3.63, 3.8) is 0 Å². The standard InChI is InChI=1S/C57H56N2O4/c58-55-29-35-21-36(30-55)26-53(25-35,33-55)45-19-17-39(23-49(45)60)62-51-15-7-5-13-47(51)57(43-11-3-1-9-41(43)42-10-2-4-12-44(42)57)48-14-6-8-16-52(48)63-40-18-20-46(50(61)24-40)54-27-37-22-38(28-54)32-56(59,31-37)34-54/h1-20,23-24,35-38,60-61H,21-22,25-34,58-59H2. The summed E-state index contributed by atoms with van der Waals surface area (Å²) in [5, 5.41) is 23.8. The number of nitrogens with two attached hydrogens (primary N) is 2. The first-order valence-electron chi connectivity index (χ1n) is 23.5. The number of para-hydroxylation sites is 2. The van der Waals surface area contributed by atoms with Crippen molar-refractivity contribution in [3.05, 3.63) is 167 Å². The summed E-state index contributed by atoms with van der Waals surface area (Å²) < 4.78 is 14.0. The molecule has 9 aliphatic rings. The molecular weight excluding hydrogens is 777 g/mol. The molecule has 0 radical (unpaired) electrons. The molecule has 8 fully saturated rings. The van der Waals surface area contributed by atoms with Crippen LogP contribution in [0.25, 0.3) is 11.1 Å². The summed E-state index contributed by atoms with van der Waals surface area (Å²) >= 11 is 0. The molecule has 0 saturated heterocycles. The van der Waals surface area contributed by atoms with Crippen LogP contribution in [0.3, 0.4) is 0 Å². The van der Waals surface area contributed by atoms with Crippen LogP contribution in [0.15, 0.2) is 133 Å². The normalized spacial score (nSPS) is 32.3. The van der Waals surface area contributed by atoms with Crippen LogP contribution in [-0.4, -0.2) is 21.3 Å². The Hall–Kier alpha value is -5.56. The van der Waals surface area contributed by atoms with Gasteiger partial charge in [0.25, 0.3) is 0 Å². The number of benzene rings is 6. The van der Waals surface area contributed by atoms with Crippen LogP contribution >= 0.6 is 0 Å². The van der Waals surface area contributed by atoms with Crippen molar-refractivity contribution in [3.8, 4) is 45.6 Å². The SMILES string of the molecule is NC12CC3CC(C1)CC(c1ccc(Oc4ccccc4C4(c5ccccc5Oc5ccc(C67CC8CC(CC(N)(C8)C6)C7)c(O)c5)c5ccccc5-c5ccccc54)cc1O)(C3)C2. The van der Waals surface area contributed by atoms with Crippen LogP contribution in [0.4, 0.5) is 0 Å². The van der Waals surface area contributed by atoms with Gasteiger partial charge in [0.15, 0.2) is 0 Å². The molecule has 0 heterocycles. The highest BCUT2D eigenvalue weighted by molar-refractivity contribution is 5.87. The summed E-state index contributed by atoms with van der Waals surface area (Å²) in [6.07, 6.45) is 13.3. The van der Waals surface area contributed by atoms with Gasteiger partial charge in [-0.15, -0.1) is 0 Å². The highest BCUT2D eigenvalue weighted by atomic mass is 16.5. The van der Waals surface area contributed by atoms with E-state index in [-0.39, 0.29) is 21.9 Å². The lowest BCUT2D eigenvalue weighted by Gasteiger charge is -2.61. The topological polar surface area (TPSA) is 111 Å². The van der Waals surface area contributed by atoms with Crippen LogP contribution in [0.5, 0.6) is 34.5 Å². The summed E-state index contributed by atoms with van der Waals surface area (Å²) in [6, 6.07) is 45.9. The largest absolute Gasteiger partial charge is 0.508 e. The predicted octanol–water partition coefficient (Wildman–Crippen LogP) is 12.1. The van der Waals surface area contributed by atoms with Gasteiger partial charge in [0.1, 0.15) is 34.5 Å². The molecule has 318 valence electrons. The Labute approximate surface area is 370 Å². The zero-order valence-corrected chi connectivity index (χ0v) is 35.9. The molecular formula is C57H56N2O4. The van der Waals surface area contributed by atoms with Crippen LogP contribution in [0, 0.1) is 23.7 Å². The van der Waals surface area contributed by atoms with Crippen molar-refractivity contribution in [2.24, 2.45) is 35.1 Å². The molecule has 8 bridgehead atoms. The van der Waals surface area contributed by atoms with Gasteiger partial charge in [-0.1, -0.05) is 97.1 Å². The summed E-state index contributed by atoms with van der Waals surface area (Å²) in [6.45, 7) is 0. The molecule has 0 aromatic heterocycles. The van der Waals surface area contributed by atoms with E-state index in [2.05, 4.69) is 84.9 Å². The highest BCUT2D eigenvalue weighted by Crippen LogP contribution is 2.65. The molecule has 0 aliphatic heterocycles. The van der Waals surface area contributed by atoms with E-state index < -0.39 is 5.41 Å². The lowest BCUT2D eigenvalue weighted by Crippen LogP contribution is -2.61. The minimum Gasteiger partial charge on any atom is -0.508 e. The van der Waals surface area contributed by atoms with Crippen molar-refractivity contribution in [1.29, 1.82) is 0 Å². The van der Waals surface area contributed by atoms with E-state index in [1.165, 1.54) is 12.8 Å². The minimum absolute atomic E-state index is 0.0797. The number of rotatable bonds is 8. The number of phenols is 2. The molecule has 4 unspecified atom stereocenters. The molecule has 6 aromatic rings. The average Bonchev–Trinajstić information content (AvgIpc) is 3.53. The van der Waals surface area contributed by atoms with Crippen molar-refractivity contribution < 1.29 is 19.7 Å². The van der Waals surface area contributed by atoms with Gasteiger partial charge in [-0.2, -0.15) is 0 Å². The zero-order chi connectivity index (χ0) is 42.3. The fourth-order valence-electron chi connectivity index (χ4n) is 16.3. The number of hydrogen-bond donors (Lipinski definition) is 4. The van der Waals surface area contributed by atoms with Crippen molar-refractivity contribution in [2.75, 3.05) is 0 Å². The zero-order valence-electron chi connectivity index (χ0n) is 35.9. The lowest BCUT2D eigenvalue weighted by atomic mass is 9.45. The fourth-order valence-corrected chi connectivity index (χ4v) is 16.3. The van der Waals surface area contributed by atoms with E-state index >= 15 is 0 Å². The second kappa shape index (κ2) is 13.2. The second-order valence-electron chi connectivity index (χ2n) is 21.6. The van der Waals surface area contributed by atoms with Gasteiger partial charge in [0, 0.05) is 56.3 Å². The highest BCUT2D eigenvalue weighted by Gasteiger charge is 2.59. The van der Waals surface area contributed by atoms with Gasteiger partial charge in [-0.25, -0.2) is 0 Å². The molecule has 0 amide bonds. The maximum absolute atomic E-state index is 11.9. The Morgan fingerprint density at radius 2 is 0.778 bits per heavy atom. The first-order valence-corrected chi connectivity index (χ1v) is 23.5. The summed E-state index contributed by atoms with van der Waals surface area (Å²) in [7, 11) is 0. The average molecular weight is 833 g/mol. The van der Waals surface area contributed by atoms with Crippen molar-refractivity contribution in [1.82, 2.24) is 0 Å². The smallest absolute Gasteiger partial charge is 0.132 e. The number of aromatic hydroxyl groups is 2. The van der Waals surface area contributed by atoms with Gasteiger partial charge < -0.3 is 31.2 Å². The van der Waals surface area contributed by atoms with Crippen molar-refractivity contribution in [2.45, 2.75) is 104 Å². The van der Waals surface area contributed by atoms with E-state index in [9.17, 15) is 10.2 Å². The van der Waals surface area contributed by atoms with E-state index in [4.69, 9.17) is 20.9 Å². The third-order valence-corrected chi connectivity index (χ3v) is 17.3. The molecule has 63 heavy (non-hydrogen) atoms. The summed E-state index contributed by atoms with van der Waals surface area (Å²) in [5.41, 5.74) is 21.3. The summed E-state index contributed by atoms with van der Waals surface area (Å²) in [4.78, 5) is 0. The van der Waals surface area contributed by atoms with E-state index in [0.29, 0.717) is 58.2 Å². The molecule has 15 rings (SSSR count). The van der Waals surface area contributed by atoms with Crippen LogP contribution in [0.2, 0.25) is 0 Å². The number of ether oxygens (including phenoxy) is 2. The number of fused-ring (bicyclic) bond motifs is 3. The number of hydrogen-bond acceptors (Lipinski definition) is 6. The molecule has 6 N–H and O–H groups in total. The molecule has 9 aliphatic carbocycles. The quantitative estimate of drug-likeness (QED) is 0.121. The minimum atomic E-state index is -0.854. The van der Waals surface area contributed by atoms with Crippen LogP contribution < -0.4 is 20.9 Å². The van der Waals surface area contributed by atoms with Crippen LogP contribution in [-0.2, 0) is 16.2 Å². The van der Waals surface area contributed by atoms with Crippen LogP contribution in [0.1, 0.15) is 110 Å². The fraction of sp³-hybridized carbons (Fsp3) is 0.368. The van der Waals surface area contributed by atoms with E-state index in [1.807, 2.05) is 48.5 Å². The molecule has 6 aromatic carbocycles. The first-order chi connectivity index (χ1) is 30.5. The Balaban J connectivity index is 0.909. The predicted molar refractivity (Wildman–Crippen MR) is 247 cm³/mol. The lowest BCUT2D eigenvalue weighted by molar-refractivity contribution is -0.0238. The number of phenolic OH excluding ortho intramolecular Hbond substituents is 2. The van der Waals surface area contributed by atoms with Gasteiger partial charge >= 0.3 is 0 Å².